The average Bonchev–Trinajstić information content (AvgIpc) is 2.73. The maximum absolute atomic E-state index is 11.9. The molecule has 3 rings (SSSR count). The number of aryl methyl sites for hydroxylation is 1. The quantitative estimate of drug-likeness (QED) is 0.775. The summed E-state index contributed by atoms with van der Waals surface area (Å²) in [5.74, 6) is -0.0145. The largest absolute Gasteiger partial charge is 0.466 e. The van der Waals surface area contributed by atoms with Crippen LogP contribution in [0.4, 0.5) is 0 Å². The first-order valence-electron chi connectivity index (χ1n) is 6.94. The molecule has 0 spiro atoms. The van der Waals surface area contributed by atoms with Crippen molar-refractivity contribution in [1.29, 1.82) is 0 Å². The molecule has 1 aromatic heterocycles. The van der Waals surface area contributed by atoms with Crippen LogP contribution >= 0.6 is 0 Å². The number of fused-ring (bicyclic) bond motifs is 3. The van der Waals surface area contributed by atoms with E-state index in [-0.39, 0.29) is 11.9 Å². The minimum absolute atomic E-state index is 0.0262. The van der Waals surface area contributed by atoms with E-state index in [9.17, 15) is 4.79 Å². The summed E-state index contributed by atoms with van der Waals surface area (Å²) in [4.78, 5) is 11.9. The van der Waals surface area contributed by atoms with E-state index in [1.165, 1.54) is 22.2 Å². The molecule has 0 N–H and O–H groups in total. The zero-order chi connectivity index (χ0) is 13.4. The van der Waals surface area contributed by atoms with Crippen molar-refractivity contribution in [2.45, 2.75) is 26.2 Å². The Morgan fingerprint density at radius 1 is 1.42 bits per heavy atom. The van der Waals surface area contributed by atoms with Crippen molar-refractivity contribution >= 4 is 16.9 Å². The van der Waals surface area contributed by atoms with Gasteiger partial charge in [0.05, 0.1) is 12.5 Å². The molecule has 1 aromatic carbocycles. The van der Waals surface area contributed by atoms with Gasteiger partial charge in [-0.1, -0.05) is 18.2 Å². The van der Waals surface area contributed by atoms with Crippen LogP contribution in [0.3, 0.4) is 0 Å². The smallest absolute Gasteiger partial charge is 0.309 e. The molecule has 3 nitrogen and oxygen atoms in total. The molecule has 0 unspecified atom stereocenters. The van der Waals surface area contributed by atoms with E-state index in [1.807, 2.05) is 6.92 Å². The summed E-state index contributed by atoms with van der Waals surface area (Å²) in [6.45, 7) is 2.34. The van der Waals surface area contributed by atoms with Gasteiger partial charge in [0.15, 0.2) is 0 Å². The van der Waals surface area contributed by atoms with E-state index in [0.29, 0.717) is 6.61 Å². The summed E-state index contributed by atoms with van der Waals surface area (Å²) >= 11 is 0. The van der Waals surface area contributed by atoms with Crippen molar-refractivity contribution in [3.05, 3.63) is 35.5 Å². The Bertz CT molecular complexity index is 627. The van der Waals surface area contributed by atoms with Crippen LogP contribution in [0.2, 0.25) is 0 Å². The zero-order valence-electron chi connectivity index (χ0n) is 11.5. The van der Waals surface area contributed by atoms with Gasteiger partial charge >= 0.3 is 5.97 Å². The van der Waals surface area contributed by atoms with Gasteiger partial charge in [0.2, 0.25) is 0 Å². The molecule has 0 fully saturated rings. The number of nitrogens with zero attached hydrogens (tertiary/aromatic N) is 1. The first kappa shape index (κ1) is 12.3. The summed E-state index contributed by atoms with van der Waals surface area (Å²) in [5, 5.41) is 1.29. The number of carbonyl (C=O) groups is 1. The maximum Gasteiger partial charge on any atom is 0.309 e. The molecule has 3 heteroatoms. The highest BCUT2D eigenvalue weighted by Gasteiger charge is 2.29. The fraction of sp³-hybridized carbons (Fsp3) is 0.438. The zero-order valence-corrected chi connectivity index (χ0v) is 11.5. The predicted molar refractivity (Wildman–Crippen MR) is 75.1 cm³/mol. The minimum Gasteiger partial charge on any atom is -0.466 e. The van der Waals surface area contributed by atoms with Crippen molar-refractivity contribution < 1.29 is 9.53 Å². The Hall–Kier alpha value is -1.77. The number of hydrogen-bond donors (Lipinski definition) is 0. The average molecular weight is 257 g/mol. The summed E-state index contributed by atoms with van der Waals surface area (Å²) in [6, 6.07) is 8.43. The third-order valence-electron chi connectivity index (χ3n) is 4.14. The molecule has 19 heavy (non-hydrogen) atoms. The van der Waals surface area contributed by atoms with Gasteiger partial charge in [-0.25, -0.2) is 0 Å². The van der Waals surface area contributed by atoms with Gasteiger partial charge in [0.1, 0.15) is 0 Å². The predicted octanol–water partition coefficient (Wildman–Crippen LogP) is 2.85. The lowest BCUT2D eigenvalue weighted by atomic mass is 9.86. The van der Waals surface area contributed by atoms with Gasteiger partial charge in [0, 0.05) is 23.6 Å². The highest BCUT2D eigenvalue weighted by atomic mass is 16.5. The Kier molecular flexibility index (Phi) is 3.05. The molecule has 0 amide bonds. The molecule has 0 saturated carbocycles. The fourth-order valence-electron chi connectivity index (χ4n) is 3.19. The number of benzene rings is 1. The second-order valence-electron chi connectivity index (χ2n) is 5.19. The first-order valence-corrected chi connectivity index (χ1v) is 6.94. The minimum atomic E-state index is -0.0407. The fourth-order valence-corrected chi connectivity index (χ4v) is 3.19. The van der Waals surface area contributed by atoms with E-state index >= 15 is 0 Å². The van der Waals surface area contributed by atoms with Crippen LogP contribution < -0.4 is 0 Å². The van der Waals surface area contributed by atoms with E-state index in [2.05, 4.69) is 35.9 Å². The van der Waals surface area contributed by atoms with E-state index < -0.39 is 0 Å². The lowest BCUT2D eigenvalue weighted by Crippen LogP contribution is -2.25. The Morgan fingerprint density at radius 3 is 3.00 bits per heavy atom. The van der Waals surface area contributed by atoms with Crippen LogP contribution in [0.15, 0.2) is 24.3 Å². The summed E-state index contributed by atoms with van der Waals surface area (Å²) < 4.78 is 7.44. The number of hydrogen-bond acceptors (Lipinski definition) is 2. The van der Waals surface area contributed by atoms with Gasteiger partial charge in [0.25, 0.3) is 0 Å². The van der Waals surface area contributed by atoms with Gasteiger partial charge in [-0.15, -0.1) is 0 Å². The molecule has 100 valence electrons. The summed E-state index contributed by atoms with van der Waals surface area (Å²) in [7, 11) is 2.12. The molecular weight excluding hydrogens is 238 g/mol. The van der Waals surface area contributed by atoms with Crippen molar-refractivity contribution in [2.24, 2.45) is 13.0 Å². The highest BCUT2D eigenvalue weighted by Crippen LogP contribution is 2.34. The van der Waals surface area contributed by atoms with Gasteiger partial charge < -0.3 is 9.30 Å². The van der Waals surface area contributed by atoms with Crippen molar-refractivity contribution in [1.82, 2.24) is 4.57 Å². The van der Waals surface area contributed by atoms with E-state index in [0.717, 1.165) is 19.3 Å². The van der Waals surface area contributed by atoms with Crippen LogP contribution in [0, 0.1) is 5.92 Å². The molecule has 2 aromatic rings. The molecule has 1 atom stereocenters. The topological polar surface area (TPSA) is 31.2 Å². The second kappa shape index (κ2) is 4.72. The maximum atomic E-state index is 11.9. The van der Waals surface area contributed by atoms with Crippen LogP contribution in [-0.2, 0) is 29.4 Å². The van der Waals surface area contributed by atoms with Crippen LogP contribution in [0.1, 0.15) is 24.6 Å². The van der Waals surface area contributed by atoms with Crippen LogP contribution in [-0.4, -0.2) is 17.1 Å². The van der Waals surface area contributed by atoms with Crippen molar-refractivity contribution in [3.8, 4) is 0 Å². The van der Waals surface area contributed by atoms with Gasteiger partial charge in [-0.3, -0.25) is 4.79 Å². The SMILES string of the molecule is CCOC(=O)[C@H]1CCc2c(c3ccccc3n2C)C1. The van der Waals surface area contributed by atoms with Crippen LogP contribution in [0.25, 0.3) is 10.9 Å². The summed E-state index contributed by atoms with van der Waals surface area (Å²) in [5.41, 5.74) is 3.97. The van der Waals surface area contributed by atoms with Crippen molar-refractivity contribution in [2.75, 3.05) is 6.61 Å². The Balaban J connectivity index is 2.00. The third-order valence-corrected chi connectivity index (χ3v) is 4.14. The number of rotatable bonds is 2. The lowest BCUT2D eigenvalue weighted by molar-refractivity contribution is -0.148. The number of carbonyl (C=O) groups excluding carboxylic acids is 1. The standard InChI is InChI=1S/C16H19NO2/c1-3-19-16(18)11-8-9-15-13(10-11)12-6-4-5-7-14(12)17(15)2/h4-7,11H,3,8-10H2,1-2H3/t11-/m0/s1. The Morgan fingerprint density at radius 2 is 2.21 bits per heavy atom. The molecule has 0 radical (unpaired) electrons. The molecule has 1 aliphatic carbocycles. The normalized spacial score (nSPS) is 18.3. The van der Waals surface area contributed by atoms with E-state index in [1.54, 1.807) is 0 Å². The lowest BCUT2D eigenvalue weighted by Gasteiger charge is -2.21. The van der Waals surface area contributed by atoms with Crippen LogP contribution in [0.5, 0.6) is 0 Å². The van der Waals surface area contributed by atoms with Gasteiger partial charge in [-0.2, -0.15) is 0 Å². The number of esters is 1. The number of para-hydroxylation sites is 1. The monoisotopic (exact) mass is 257 g/mol. The molecule has 1 aliphatic rings. The van der Waals surface area contributed by atoms with Crippen molar-refractivity contribution in [3.63, 3.8) is 0 Å². The van der Waals surface area contributed by atoms with E-state index in [4.69, 9.17) is 4.74 Å². The molecule has 0 saturated heterocycles. The highest BCUT2D eigenvalue weighted by molar-refractivity contribution is 5.87. The Labute approximate surface area is 113 Å². The molecule has 1 heterocycles. The molecule has 0 bridgehead atoms. The molecule has 0 aliphatic heterocycles. The third kappa shape index (κ3) is 1.93. The number of ether oxygens (including phenoxy) is 1. The van der Waals surface area contributed by atoms with Gasteiger partial charge in [-0.05, 0) is 37.8 Å². The number of aromatic nitrogens is 1. The summed E-state index contributed by atoms with van der Waals surface area (Å²) in [6.07, 6.45) is 2.68. The first-order chi connectivity index (χ1) is 9.22. The molecular formula is C16H19NO2. The second-order valence-corrected chi connectivity index (χ2v) is 5.19.